The van der Waals surface area contributed by atoms with Crippen LogP contribution in [-0.2, 0) is 11.3 Å². The third-order valence-electron chi connectivity index (χ3n) is 4.80. The summed E-state index contributed by atoms with van der Waals surface area (Å²) in [6.07, 6.45) is 1.22. The van der Waals surface area contributed by atoms with Crippen molar-refractivity contribution in [3.63, 3.8) is 0 Å². The minimum Gasteiger partial charge on any atom is -0.493 e. The van der Waals surface area contributed by atoms with Gasteiger partial charge in [0.05, 0.1) is 13.2 Å². The lowest BCUT2D eigenvalue weighted by Gasteiger charge is -2.37. The van der Waals surface area contributed by atoms with E-state index in [0.717, 1.165) is 41.2 Å². The van der Waals surface area contributed by atoms with Crippen molar-refractivity contribution in [2.45, 2.75) is 38.8 Å². The number of hydrogen-bond acceptors (Lipinski definition) is 5. The summed E-state index contributed by atoms with van der Waals surface area (Å²) in [5, 5.41) is 5.14. The molecule has 2 fully saturated rings. The lowest BCUT2D eigenvalue weighted by molar-refractivity contribution is -0.125. The number of halogens is 1. The van der Waals surface area contributed by atoms with E-state index in [4.69, 9.17) is 9.47 Å². The first-order valence-electron chi connectivity index (χ1n) is 8.91. The molecule has 0 aliphatic carbocycles. The van der Waals surface area contributed by atoms with Crippen molar-refractivity contribution in [3.05, 3.63) is 22.2 Å². The fraction of sp³-hybridized carbons (Fsp3) is 0.556. The van der Waals surface area contributed by atoms with Crippen molar-refractivity contribution < 1.29 is 19.1 Å². The molecule has 2 heterocycles. The molecule has 0 unspecified atom stereocenters. The summed E-state index contributed by atoms with van der Waals surface area (Å²) in [6, 6.07) is 3.65. The van der Waals surface area contributed by atoms with Crippen LogP contribution in [0, 0.1) is 0 Å². The third-order valence-corrected chi connectivity index (χ3v) is 5.58. The van der Waals surface area contributed by atoms with Crippen molar-refractivity contribution in [3.8, 4) is 11.5 Å². The highest BCUT2D eigenvalue weighted by atomic mass is 79.9. The minimum absolute atomic E-state index is 0.206. The van der Waals surface area contributed by atoms with Gasteiger partial charge in [-0.05, 0) is 60.3 Å². The second-order valence-corrected chi connectivity index (χ2v) is 7.33. The quantitative estimate of drug-likeness (QED) is 0.684. The molecule has 1 spiro atoms. The van der Waals surface area contributed by atoms with Gasteiger partial charge in [-0.25, -0.2) is 4.79 Å². The van der Waals surface area contributed by atoms with Crippen molar-refractivity contribution in [2.24, 2.45) is 0 Å². The maximum absolute atomic E-state index is 12.0. The predicted octanol–water partition coefficient (Wildman–Crippen LogP) is 2.42. The van der Waals surface area contributed by atoms with Gasteiger partial charge in [-0.1, -0.05) is 0 Å². The van der Waals surface area contributed by atoms with E-state index in [2.05, 4.69) is 31.5 Å². The number of ether oxygens (including phenoxy) is 2. The Morgan fingerprint density at radius 3 is 2.15 bits per heavy atom. The van der Waals surface area contributed by atoms with Crippen LogP contribution in [0.4, 0.5) is 4.79 Å². The second-order valence-electron chi connectivity index (χ2n) is 6.54. The van der Waals surface area contributed by atoms with E-state index in [1.165, 1.54) is 0 Å². The number of nitrogens with one attached hydrogen (secondary N) is 2. The summed E-state index contributed by atoms with van der Waals surface area (Å²) < 4.78 is 12.2. The van der Waals surface area contributed by atoms with Crippen LogP contribution in [0.3, 0.4) is 0 Å². The standard InChI is InChI=1S/C18H24BrN3O4/c1-3-25-13-9-12(10-14(15(13)19)26-4-2)11-22-7-5-18(6-8-22)16(23)20-17(24)21-18/h9-10H,3-8,11H2,1-2H3,(H2,20,21,23,24). The number of rotatable bonds is 6. The smallest absolute Gasteiger partial charge is 0.322 e. The Morgan fingerprint density at radius 1 is 1.12 bits per heavy atom. The van der Waals surface area contributed by atoms with Gasteiger partial charge in [-0.2, -0.15) is 0 Å². The first kappa shape index (κ1) is 19.0. The zero-order chi connectivity index (χ0) is 18.7. The minimum atomic E-state index is -0.736. The lowest BCUT2D eigenvalue weighted by Crippen LogP contribution is -2.54. The number of likely N-dealkylation sites (tertiary alicyclic amines) is 1. The summed E-state index contributed by atoms with van der Waals surface area (Å²) >= 11 is 3.55. The number of nitrogens with zero attached hydrogens (tertiary/aromatic N) is 1. The molecule has 7 nitrogen and oxygen atoms in total. The van der Waals surface area contributed by atoms with E-state index in [0.29, 0.717) is 26.1 Å². The molecule has 26 heavy (non-hydrogen) atoms. The zero-order valence-electron chi connectivity index (χ0n) is 15.1. The van der Waals surface area contributed by atoms with E-state index in [9.17, 15) is 9.59 Å². The van der Waals surface area contributed by atoms with Crippen LogP contribution < -0.4 is 20.1 Å². The molecule has 1 aromatic rings. The number of benzene rings is 1. The first-order chi connectivity index (χ1) is 12.5. The molecule has 3 amide bonds. The van der Waals surface area contributed by atoms with Crippen LogP contribution in [0.25, 0.3) is 0 Å². The third kappa shape index (κ3) is 3.81. The van der Waals surface area contributed by atoms with E-state index in [-0.39, 0.29) is 11.9 Å². The number of hydrogen-bond donors (Lipinski definition) is 2. The maximum atomic E-state index is 12.0. The average Bonchev–Trinajstić information content (AvgIpc) is 2.88. The molecule has 2 N–H and O–H groups in total. The van der Waals surface area contributed by atoms with Gasteiger partial charge in [0.15, 0.2) is 0 Å². The number of urea groups is 1. The Hall–Kier alpha value is -1.80. The Bertz CT molecular complexity index is 675. The fourth-order valence-electron chi connectivity index (χ4n) is 3.47. The van der Waals surface area contributed by atoms with E-state index in [1.807, 2.05) is 26.0 Å². The largest absolute Gasteiger partial charge is 0.493 e. The van der Waals surface area contributed by atoms with Gasteiger partial charge in [0, 0.05) is 19.6 Å². The molecule has 8 heteroatoms. The molecule has 0 aromatic heterocycles. The average molecular weight is 426 g/mol. The fourth-order valence-corrected chi connectivity index (χ4v) is 3.93. The van der Waals surface area contributed by atoms with Crippen LogP contribution in [0.15, 0.2) is 16.6 Å². The number of carbonyl (C=O) groups excluding carboxylic acids is 2. The van der Waals surface area contributed by atoms with Gasteiger partial charge in [-0.3, -0.25) is 15.0 Å². The Kier molecular flexibility index (Phi) is 5.72. The topological polar surface area (TPSA) is 79.9 Å². The summed E-state index contributed by atoms with van der Waals surface area (Å²) in [5.41, 5.74) is 0.358. The van der Waals surface area contributed by atoms with Gasteiger partial charge >= 0.3 is 6.03 Å². The Labute approximate surface area is 161 Å². The van der Waals surface area contributed by atoms with Crippen LogP contribution in [0.1, 0.15) is 32.3 Å². The summed E-state index contributed by atoms with van der Waals surface area (Å²) in [5.74, 6) is 1.33. The molecular weight excluding hydrogens is 402 g/mol. The molecule has 1 aromatic carbocycles. The van der Waals surface area contributed by atoms with Crippen LogP contribution in [0.2, 0.25) is 0 Å². The highest BCUT2D eigenvalue weighted by Crippen LogP contribution is 2.37. The van der Waals surface area contributed by atoms with Crippen LogP contribution in [-0.4, -0.2) is 48.7 Å². The molecule has 3 rings (SSSR count). The van der Waals surface area contributed by atoms with Crippen molar-refractivity contribution in [1.29, 1.82) is 0 Å². The van der Waals surface area contributed by atoms with Gasteiger partial charge in [0.1, 0.15) is 21.5 Å². The van der Waals surface area contributed by atoms with E-state index in [1.54, 1.807) is 0 Å². The van der Waals surface area contributed by atoms with Crippen molar-refractivity contribution in [2.75, 3.05) is 26.3 Å². The Balaban J connectivity index is 1.69. The summed E-state index contributed by atoms with van der Waals surface area (Å²) in [7, 11) is 0. The molecule has 0 saturated carbocycles. The summed E-state index contributed by atoms with van der Waals surface area (Å²) in [6.45, 7) is 7.26. The highest BCUT2D eigenvalue weighted by Gasteiger charge is 2.47. The van der Waals surface area contributed by atoms with Crippen molar-refractivity contribution in [1.82, 2.24) is 15.5 Å². The van der Waals surface area contributed by atoms with Crippen LogP contribution >= 0.6 is 15.9 Å². The van der Waals surface area contributed by atoms with Crippen LogP contribution in [0.5, 0.6) is 11.5 Å². The lowest BCUT2D eigenvalue weighted by atomic mass is 9.87. The second kappa shape index (κ2) is 7.84. The number of amides is 3. The zero-order valence-corrected chi connectivity index (χ0v) is 16.6. The maximum Gasteiger partial charge on any atom is 0.322 e. The van der Waals surface area contributed by atoms with Gasteiger partial charge in [0.2, 0.25) is 0 Å². The monoisotopic (exact) mass is 425 g/mol. The van der Waals surface area contributed by atoms with Gasteiger partial charge in [-0.15, -0.1) is 0 Å². The number of carbonyl (C=O) groups is 2. The Morgan fingerprint density at radius 2 is 1.69 bits per heavy atom. The van der Waals surface area contributed by atoms with Gasteiger partial charge < -0.3 is 14.8 Å². The van der Waals surface area contributed by atoms with E-state index >= 15 is 0 Å². The normalized spacial score (nSPS) is 19.3. The summed E-state index contributed by atoms with van der Waals surface area (Å²) in [4.78, 5) is 25.8. The molecular formula is C18H24BrN3O4. The number of piperidine rings is 1. The molecule has 0 atom stereocenters. The first-order valence-corrected chi connectivity index (χ1v) is 9.70. The highest BCUT2D eigenvalue weighted by molar-refractivity contribution is 9.10. The van der Waals surface area contributed by atoms with Gasteiger partial charge in [0.25, 0.3) is 5.91 Å². The predicted molar refractivity (Wildman–Crippen MR) is 100 cm³/mol. The molecule has 0 bridgehead atoms. The molecule has 2 aliphatic heterocycles. The molecule has 142 valence electrons. The molecule has 2 aliphatic rings. The van der Waals surface area contributed by atoms with E-state index < -0.39 is 5.54 Å². The van der Waals surface area contributed by atoms with Crippen molar-refractivity contribution >= 4 is 27.9 Å². The number of imide groups is 1. The molecule has 2 saturated heterocycles. The molecule has 0 radical (unpaired) electrons. The SMILES string of the molecule is CCOc1cc(CN2CCC3(CC2)NC(=O)NC3=O)cc(OCC)c1Br.